The predicted molar refractivity (Wildman–Crippen MR) is 157 cm³/mol. The quantitative estimate of drug-likeness (QED) is 0.300. The number of carboxylic acids is 1. The summed E-state index contributed by atoms with van der Waals surface area (Å²) in [5.74, 6) is 2.99. The first-order valence-corrected chi connectivity index (χ1v) is 16.7. The van der Waals surface area contributed by atoms with Gasteiger partial charge in [-0.3, -0.25) is 9.59 Å². The molecule has 3 saturated carbocycles. The van der Waals surface area contributed by atoms with Crippen molar-refractivity contribution in [3.05, 3.63) is 0 Å². The summed E-state index contributed by atoms with van der Waals surface area (Å²) in [6.45, 7) is 11.5. The first-order valence-electron chi connectivity index (χ1n) is 16.7. The third-order valence-electron chi connectivity index (χ3n) is 12.2. The summed E-state index contributed by atoms with van der Waals surface area (Å²) in [6.07, 6.45) is 17.2. The van der Waals surface area contributed by atoms with E-state index in [2.05, 4.69) is 18.7 Å². The number of hydrogen-bond donors (Lipinski definition) is 2. The van der Waals surface area contributed by atoms with Gasteiger partial charge in [-0.15, -0.1) is 0 Å². The smallest absolute Gasteiger partial charge is 0.309 e. The van der Waals surface area contributed by atoms with Gasteiger partial charge in [0.2, 0.25) is 0 Å². The van der Waals surface area contributed by atoms with Crippen molar-refractivity contribution in [2.75, 3.05) is 19.6 Å². The SMILES string of the molecule is CC1CCC(C(O)(C2CCC(C)CC2)C2CCN(CCCC(=O)C3CCC(C(C)(C)C(=O)O)CC3)CC2)CC1. The molecule has 0 aromatic carbocycles. The van der Waals surface area contributed by atoms with E-state index < -0.39 is 17.0 Å². The number of ketones is 1. The fourth-order valence-electron chi connectivity index (χ4n) is 9.06. The molecule has 5 nitrogen and oxygen atoms in total. The molecule has 0 aromatic rings. The molecule has 2 N–H and O–H groups in total. The van der Waals surface area contributed by atoms with Crippen LogP contribution in [0.1, 0.15) is 130 Å². The largest absolute Gasteiger partial charge is 0.481 e. The number of aliphatic hydroxyl groups is 1. The molecule has 4 fully saturated rings. The number of rotatable bonds is 10. The van der Waals surface area contributed by atoms with Crippen molar-refractivity contribution in [2.45, 2.75) is 136 Å². The number of hydrogen-bond acceptors (Lipinski definition) is 4. The number of carboxylic acid groups (broad SMARTS) is 1. The molecule has 5 heteroatoms. The molecule has 0 atom stereocenters. The molecule has 1 heterocycles. The van der Waals surface area contributed by atoms with Gasteiger partial charge in [-0.25, -0.2) is 0 Å². The molecule has 1 saturated heterocycles. The van der Waals surface area contributed by atoms with Crippen LogP contribution >= 0.6 is 0 Å². The van der Waals surface area contributed by atoms with Crippen molar-refractivity contribution in [2.24, 2.45) is 46.8 Å². The zero-order valence-corrected chi connectivity index (χ0v) is 25.6. The Morgan fingerprint density at radius 1 is 0.692 bits per heavy atom. The van der Waals surface area contributed by atoms with Gasteiger partial charge >= 0.3 is 5.97 Å². The molecule has 0 amide bonds. The molecule has 0 spiro atoms. The number of aliphatic carboxylic acids is 1. The van der Waals surface area contributed by atoms with Gasteiger partial charge in [0.05, 0.1) is 11.0 Å². The minimum Gasteiger partial charge on any atom is -0.481 e. The van der Waals surface area contributed by atoms with Gasteiger partial charge < -0.3 is 15.1 Å². The van der Waals surface area contributed by atoms with Crippen LogP contribution < -0.4 is 0 Å². The number of carbonyl (C=O) groups is 2. The first kappa shape index (κ1) is 31.0. The summed E-state index contributed by atoms with van der Waals surface area (Å²) in [5.41, 5.74) is -1.17. The molecule has 3 aliphatic carbocycles. The maximum Gasteiger partial charge on any atom is 0.309 e. The summed E-state index contributed by atoms with van der Waals surface area (Å²) >= 11 is 0. The van der Waals surface area contributed by atoms with E-state index in [-0.39, 0.29) is 11.8 Å². The van der Waals surface area contributed by atoms with Crippen molar-refractivity contribution >= 4 is 11.8 Å². The van der Waals surface area contributed by atoms with E-state index in [1.165, 1.54) is 51.4 Å². The summed E-state index contributed by atoms with van der Waals surface area (Å²) in [7, 11) is 0. The van der Waals surface area contributed by atoms with Crippen LogP contribution in [0.4, 0.5) is 0 Å². The third kappa shape index (κ3) is 7.29. The van der Waals surface area contributed by atoms with E-state index >= 15 is 0 Å². The average molecular weight is 546 g/mol. The van der Waals surface area contributed by atoms with E-state index in [1.807, 2.05) is 13.8 Å². The van der Waals surface area contributed by atoms with Gasteiger partial charge in [0, 0.05) is 12.3 Å². The molecule has 4 rings (SSSR count). The Morgan fingerprint density at radius 2 is 1.13 bits per heavy atom. The van der Waals surface area contributed by atoms with Crippen LogP contribution in [0.2, 0.25) is 0 Å². The van der Waals surface area contributed by atoms with Crippen LogP contribution in [0.3, 0.4) is 0 Å². The van der Waals surface area contributed by atoms with Gasteiger partial charge in [-0.2, -0.15) is 0 Å². The Balaban J connectivity index is 1.23. The summed E-state index contributed by atoms with van der Waals surface area (Å²) in [6, 6.07) is 0. The highest BCUT2D eigenvalue weighted by molar-refractivity contribution is 5.81. The number of Topliss-reactive ketones (excluding diaryl/α,β-unsaturated/α-hetero) is 1. The van der Waals surface area contributed by atoms with E-state index in [1.54, 1.807) is 0 Å². The standard InChI is InChI=1S/C34H59NO4/c1-24-7-13-28(14-8-24)34(39,29-15-9-25(2)10-16-29)30-19-22-35(23-20-30)21-5-6-31(36)26-11-17-27(18-12-26)33(3,4)32(37)38/h24-30,39H,5-23H2,1-4H3,(H,37,38). The number of likely N-dealkylation sites (tertiary alicyclic amines) is 1. The maximum absolute atomic E-state index is 12.9. The molecule has 4 aliphatic rings. The molecular formula is C34H59NO4. The first-order chi connectivity index (χ1) is 18.5. The molecule has 0 radical (unpaired) electrons. The average Bonchev–Trinajstić information content (AvgIpc) is 2.93. The minimum absolute atomic E-state index is 0.128. The zero-order chi connectivity index (χ0) is 28.2. The lowest BCUT2D eigenvalue weighted by Crippen LogP contribution is -2.55. The van der Waals surface area contributed by atoms with Gasteiger partial charge in [0.15, 0.2) is 0 Å². The topological polar surface area (TPSA) is 77.8 Å². The minimum atomic E-state index is -0.721. The highest BCUT2D eigenvalue weighted by Crippen LogP contribution is 2.50. The predicted octanol–water partition coefficient (Wildman–Crippen LogP) is 7.35. The zero-order valence-electron chi connectivity index (χ0n) is 25.6. The Labute approximate surface area is 238 Å². The van der Waals surface area contributed by atoms with E-state index in [0.29, 0.717) is 30.0 Å². The molecule has 1 aliphatic heterocycles. The molecule has 224 valence electrons. The number of nitrogens with zero attached hydrogens (tertiary/aromatic N) is 1. The highest BCUT2D eigenvalue weighted by Gasteiger charge is 2.50. The van der Waals surface area contributed by atoms with Crippen molar-refractivity contribution in [3.63, 3.8) is 0 Å². The maximum atomic E-state index is 12.9. The van der Waals surface area contributed by atoms with Crippen LogP contribution in [0.5, 0.6) is 0 Å². The molecular weight excluding hydrogens is 486 g/mol. The van der Waals surface area contributed by atoms with Gasteiger partial charge in [0.1, 0.15) is 5.78 Å². The van der Waals surface area contributed by atoms with Gasteiger partial charge in [-0.1, -0.05) is 39.5 Å². The van der Waals surface area contributed by atoms with Crippen LogP contribution in [0, 0.1) is 46.8 Å². The van der Waals surface area contributed by atoms with Crippen molar-refractivity contribution in [3.8, 4) is 0 Å². The normalized spacial score (nSPS) is 35.3. The summed E-state index contributed by atoms with van der Waals surface area (Å²) in [4.78, 5) is 27.1. The van der Waals surface area contributed by atoms with Crippen LogP contribution in [-0.4, -0.2) is 52.1 Å². The molecule has 39 heavy (non-hydrogen) atoms. The van der Waals surface area contributed by atoms with Gasteiger partial charge in [-0.05, 0) is 140 Å². The van der Waals surface area contributed by atoms with E-state index in [4.69, 9.17) is 0 Å². The number of carbonyl (C=O) groups excluding carboxylic acids is 1. The Bertz CT molecular complexity index is 770. The van der Waals surface area contributed by atoms with Crippen molar-refractivity contribution < 1.29 is 19.8 Å². The summed E-state index contributed by atoms with van der Waals surface area (Å²) < 4.78 is 0. The second kappa shape index (κ2) is 13.4. The fraction of sp³-hybridized carbons (Fsp3) is 0.941. The third-order valence-corrected chi connectivity index (χ3v) is 12.2. The molecule has 0 bridgehead atoms. The molecule has 0 unspecified atom stereocenters. The van der Waals surface area contributed by atoms with Crippen LogP contribution in [0.25, 0.3) is 0 Å². The lowest BCUT2D eigenvalue weighted by molar-refractivity contribution is -0.151. The summed E-state index contributed by atoms with van der Waals surface area (Å²) in [5, 5.41) is 22.1. The van der Waals surface area contributed by atoms with E-state index in [0.717, 1.165) is 76.4 Å². The lowest BCUT2D eigenvalue weighted by Gasteiger charge is -2.53. The Hall–Kier alpha value is -0.940. The number of piperidine rings is 1. The van der Waals surface area contributed by atoms with E-state index in [9.17, 15) is 19.8 Å². The monoisotopic (exact) mass is 545 g/mol. The van der Waals surface area contributed by atoms with Crippen molar-refractivity contribution in [1.82, 2.24) is 4.90 Å². The molecule has 0 aromatic heterocycles. The van der Waals surface area contributed by atoms with Crippen LogP contribution in [-0.2, 0) is 9.59 Å². The van der Waals surface area contributed by atoms with Gasteiger partial charge in [0.25, 0.3) is 0 Å². The lowest BCUT2D eigenvalue weighted by atomic mass is 9.58. The Morgan fingerprint density at radius 3 is 1.59 bits per heavy atom. The Kier molecular flexibility index (Phi) is 10.6. The second-order valence-electron chi connectivity index (χ2n) is 15.1. The second-order valence-corrected chi connectivity index (χ2v) is 15.1. The van der Waals surface area contributed by atoms with Crippen molar-refractivity contribution in [1.29, 1.82) is 0 Å². The highest BCUT2D eigenvalue weighted by atomic mass is 16.4. The fourth-order valence-corrected chi connectivity index (χ4v) is 9.06. The van der Waals surface area contributed by atoms with Crippen LogP contribution in [0.15, 0.2) is 0 Å².